The third-order valence-corrected chi connectivity index (χ3v) is 2.68. The number of rotatable bonds is 3. The van der Waals surface area contributed by atoms with Crippen LogP contribution in [0.3, 0.4) is 0 Å². The first kappa shape index (κ1) is 13.3. The van der Waals surface area contributed by atoms with E-state index in [1.54, 1.807) is 43.3 Å². The summed E-state index contributed by atoms with van der Waals surface area (Å²) in [6.07, 6.45) is 0. The van der Waals surface area contributed by atoms with E-state index >= 15 is 0 Å². The number of halogens is 1. The van der Waals surface area contributed by atoms with E-state index in [2.05, 4.69) is 15.7 Å². The van der Waals surface area contributed by atoms with Gasteiger partial charge in [0.15, 0.2) is 0 Å². The van der Waals surface area contributed by atoms with Crippen LogP contribution in [-0.4, -0.2) is 10.9 Å². The number of nitrogens with zero attached hydrogens (tertiary/aromatic N) is 1. The molecule has 1 amide bonds. The van der Waals surface area contributed by atoms with Crippen LogP contribution in [0.15, 0.2) is 36.4 Å². The molecule has 0 saturated carbocycles. The maximum Gasteiger partial charge on any atom is 0.255 e. The van der Waals surface area contributed by atoms with Crippen molar-refractivity contribution in [2.75, 3.05) is 10.7 Å². The summed E-state index contributed by atoms with van der Waals surface area (Å²) < 4.78 is 0. The van der Waals surface area contributed by atoms with Gasteiger partial charge in [-0.05, 0) is 37.3 Å². The van der Waals surface area contributed by atoms with Gasteiger partial charge < -0.3 is 10.7 Å². The summed E-state index contributed by atoms with van der Waals surface area (Å²) in [6.45, 7) is 1.79. The molecule has 0 fully saturated rings. The second-order valence-corrected chi connectivity index (χ2v) is 4.43. The Morgan fingerprint density at radius 2 is 2.11 bits per heavy atom. The van der Waals surface area contributed by atoms with Gasteiger partial charge in [-0.15, -0.1) is 0 Å². The lowest BCUT2D eigenvalue weighted by Crippen LogP contribution is -2.15. The minimum Gasteiger partial charge on any atom is -0.322 e. The van der Waals surface area contributed by atoms with Gasteiger partial charge in [-0.2, -0.15) is 0 Å². The van der Waals surface area contributed by atoms with Crippen molar-refractivity contribution in [1.29, 1.82) is 0 Å². The molecule has 0 bridgehead atoms. The van der Waals surface area contributed by atoms with Crippen molar-refractivity contribution >= 4 is 29.0 Å². The molecular weight excluding hydrogens is 264 g/mol. The van der Waals surface area contributed by atoms with E-state index < -0.39 is 0 Å². The predicted octanol–water partition coefficient (Wildman–Crippen LogP) is 2.58. The fraction of sp³-hybridized carbons (Fsp3) is 0.0769. The van der Waals surface area contributed by atoms with Gasteiger partial charge in [0.2, 0.25) is 0 Å². The van der Waals surface area contributed by atoms with Crippen LogP contribution in [0.5, 0.6) is 0 Å². The molecule has 0 unspecified atom stereocenters. The van der Waals surface area contributed by atoms with Crippen LogP contribution in [0.2, 0.25) is 5.02 Å². The molecule has 2 aromatic rings. The van der Waals surface area contributed by atoms with Gasteiger partial charge in [-0.1, -0.05) is 17.7 Å². The highest BCUT2D eigenvalue weighted by Gasteiger charge is 2.09. The Bertz CT molecular complexity index is 615. The molecule has 0 aliphatic heterocycles. The summed E-state index contributed by atoms with van der Waals surface area (Å²) in [4.78, 5) is 16.2. The highest BCUT2D eigenvalue weighted by atomic mass is 35.5. The number of benzene rings is 1. The zero-order valence-electron chi connectivity index (χ0n) is 10.3. The lowest BCUT2D eigenvalue weighted by Gasteiger charge is -2.08. The van der Waals surface area contributed by atoms with E-state index in [1.807, 2.05) is 0 Å². The van der Waals surface area contributed by atoms with Gasteiger partial charge in [-0.3, -0.25) is 4.79 Å². The van der Waals surface area contributed by atoms with Crippen molar-refractivity contribution in [1.82, 2.24) is 4.98 Å². The van der Waals surface area contributed by atoms with Gasteiger partial charge in [0, 0.05) is 22.0 Å². The summed E-state index contributed by atoms with van der Waals surface area (Å²) in [5, 5.41) is 3.32. The van der Waals surface area contributed by atoms with Gasteiger partial charge in [0.25, 0.3) is 5.91 Å². The molecule has 0 atom stereocenters. The molecule has 1 aromatic heterocycles. The van der Waals surface area contributed by atoms with E-state index in [4.69, 9.17) is 17.4 Å². The normalized spacial score (nSPS) is 10.1. The molecule has 1 heterocycles. The van der Waals surface area contributed by atoms with Gasteiger partial charge in [0.05, 0.1) is 0 Å². The largest absolute Gasteiger partial charge is 0.322 e. The molecular formula is C13H13ClN4O. The Hall–Kier alpha value is -2.11. The second-order valence-electron chi connectivity index (χ2n) is 3.99. The van der Waals surface area contributed by atoms with E-state index in [9.17, 15) is 4.79 Å². The number of amides is 1. The fourth-order valence-corrected chi connectivity index (χ4v) is 1.83. The molecule has 2 rings (SSSR count). The summed E-state index contributed by atoms with van der Waals surface area (Å²) in [5.41, 5.74) is 4.23. The van der Waals surface area contributed by atoms with Gasteiger partial charge in [0.1, 0.15) is 5.82 Å². The molecule has 1 aromatic carbocycles. The highest BCUT2D eigenvalue weighted by molar-refractivity contribution is 6.30. The van der Waals surface area contributed by atoms with Crippen LogP contribution in [0.1, 0.15) is 16.1 Å². The molecule has 4 N–H and O–H groups in total. The number of aryl methyl sites for hydroxylation is 1. The first-order valence-electron chi connectivity index (χ1n) is 5.61. The molecule has 0 aliphatic carbocycles. The first-order valence-corrected chi connectivity index (χ1v) is 5.98. The number of carbonyl (C=O) groups excluding carboxylic acids is 1. The fourth-order valence-electron chi connectivity index (χ4n) is 1.64. The van der Waals surface area contributed by atoms with Crippen molar-refractivity contribution < 1.29 is 4.79 Å². The molecule has 0 aliphatic rings. The van der Waals surface area contributed by atoms with Crippen LogP contribution >= 0.6 is 11.6 Å². The summed E-state index contributed by atoms with van der Waals surface area (Å²) in [6, 6.07) is 10.2. The third-order valence-electron chi connectivity index (χ3n) is 2.45. The molecule has 98 valence electrons. The van der Waals surface area contributed by atoms with Crippen LogP contribution in [0.25, 0.3) is 0 Å². The average Bonchev–Trinajstić information content (AvgIpc) is 2.38. The zero-order chi connectivity index (χ0) is 13.8. The summed E-state index contributed by atoms with van der Waals surface area (Å²) in [5.74, 6) is 5.49. The number of hydrazine groups is 1. The van der Waals surface area contributed by atoms with Crippen LogP contribution in [0.4, 0.5) is 11.5 Å². The van der Waals surface area contributed by atoms with Crippen molar-refractivity contribution in [3.8, 4) is 0 Å². The number of anilines is 2. The lowest BCUT2D eigenvalue weighted by atomic mass is 10.2. The maximum atomic E-state index is 12.1. The third kappa shape index (κ3) is 3.43. The Morgan fingerprint density at radius 3 is 2.79 bits per heavy atom. The number of nitrogens with two attached hydrogens (primary N) is 1. The minimum atomic E-state index is -0.246. The topological polar surface area (TPSA) is 80.0 Å². The van der Waals surface area contributed by atoms with Gasteiger partial charge in [-0.25, -0.2) is 10.8 Å². The number of nitrogen functional groups attached to an aromatic ring is 1. The van der Waals surface area contributed by atoms with Crippen LogP contribution < -0.4 is 16.6 Å². The number of nitrogens with one attached hydrogen (secondary N) is 2. The Kier molecular flexibility index (Phi) is 3.99. The molecule has 0 radical (unpaired) electrons. The number of hydrogen-bond donors (Lipinski definition) is 3. The van der Waals surface area contributed by atoms with Crippen molar-refractivity contribution in [2.24, 2.45) is 5.84 Å². The number of pyridine rings is 1. The van der Waals surface area contributed by atoms with E-state index in [1.165, 1.54) is 0 Å². The zero-order valence-corrected chi connectivity index (χ0v) is 11.0. The number of carbonyl (C=O) groups is 1. The quantitative estimate of drug-likeness (QED) is 0.595. The SMILES string of the molecule is Cc1cc(C(=O)Nc2cccc(Cl)c2)cc(NN)n1. The molecule has 5 nitrogen and oxygen atoms in total. The van der Waals surface area contributed by atoms with Gasteiger partial charge >= 0.3 is 0 Å². The van der Waals surface area contributed by atoms with E-state index in [0.29, 0.717) is 27.8 Å². The molecule has 0 spiro atoms. The monoisotopic (exact) mass is 276 g/mol. The van der Waals surface area contributed by atoms with Crippen molar-refractivity contribution in [3.63, 3.8) is 0 Å². The molecule has 19 heavy (non-hydrogen) atoms. The number of aromatic nitrogens is 1. The Balaban J connectivity index is 2.22. The smallest absolute Gasteiger partial charge is 0.255 e. The average molecular weight is 277 g/mol. The lowest BCUT2D eigenvalue weighted by molar-refractivity contribution is 0.102. The maximum absolute atomic E-state index is 12.1. The van der Waals surface area contributed by atoms with Crippen LogP contribution in [-0.2, 0) is 0 Å². The predicted molar refractivity (Wildman–Crippen MR) is 76.2 cm³/mol. The molecule has 0 saturated heterocycles. The van der Waals surface area contributed by atoms with E-state index in [-0.39, 0.29) is 5.91 Å². The Labute approximate surface area is 115 Å². The van der Waals surface area contributed by atoms with E-state index in [0.717, 1.165) is 0 Å². The van der Waals surface area contributed by atoms with Crippen LogP contribution in [0, 0.1) is 6.92 Å². The van der Waals surface area contributed by atoms with Crippen molar-refractivity contribution in [2.45, 2.75) is 6.92 Å². The minimum absolute atomic E-state index is 0.246. The second kappa shape index (κ2) is 5.69. The summed E-state index contributed by atoms with van der Waals surface area (Å²) >= 11 is 5.86. The Morgan fingerprint density at radius 1 is 1.32 bits per heavy atom. The standard InChI is InChI=1S/C13H13ClN4O/c1-8-5-9(6-12(16-8)18-15)13(19)17-11-4-2-3-10(14)7-11/h2-7H,15H2,1H3,(H,16,18)(H,17,19). The highest BCUT2D eigenvalue weighted by Crippen LogP contribution is 2.17. The first-order chi connectivity index (χ1) is 9.08. The summed E-state index contributed by atoms with van der Waals surface area (Å²) in [7, 11) is 0. The number of hydrogen-bond acceptors (Lipinski definition) is 4. The molecule has 6 heteroatoms. The van der Waals surface area contributed by atoms with Crippen molar-refractivity contribution in [3.05, 3.63) is 52.7 Å².